The number of nitrogens with zero attached hydrogens (tertiary/aromatic N) is 1. The summed E-state index contributed by atoms with van der Waals surface area (Å²) in [5.74, 6) is -0.0376. The van der Waals surface area contributed by atoms with Gasteiger partial charge in [0.05, 0.1) is 12.1 Å². The molecule has 1 N–H and O–H groups in total. The Hall–Kier alpha value is -2.28. The second-order valence-corrected chi connectivity index (χ2v) is 6.53. The summed E-state index contributed by atoms with van der Waals surface area (Å²) in [4.78, 5) is 24.8. The average Bonchev–Trinajstić information content (AvgIpc) is 2.94. The summed E-state index contributed by atoms with van der Waals surface area (Å²) in [5.41, 5.74) is 1.85. The van der Waals surface area contributed by atoms with Gasteiger partial charge >= 0.3 is 5.97 Å². The average molecular weight is 348 g/mol. The lowest BCUT2D eigenvalue weighted by molar-refractivity contribution is -0.152. The molecule has 1 amide bonds. The molecule has 128 valence electrons. The summed E-state index contributed by atoms with van der Waals surface area (Å²) < 4.78 is 10.0. The van der Waals surface area contributed by atoms with Crippen LogP contribution in [0.15, 0.2) is 39.8 Å². The first kappa shape index (κ1) is 18.1. The van der Waals surface area contributed by atoms with Crippen LogP contribution in [0.3, 0.4) is 0 Å². The molecular formula is C17H20N2O4S. The monoisotopic (exact) mass is 348 g/mol. The Kier molecular flexibility index (Phi) is 6.43. The maximum atomic E-state index is 11.9. The molecule has 0 saturated heterocycles. The highest BCUT2D eigenvalue weighted by Gasteiger charge is 2.19. The molecule has 0 fully saturated rings. The van der Waals surface area contributed by atoms with Crippen molar-refractivity contribution in [2.24, 2.45) is 0 Å². The number of anilines is 1. The van der Waals surface area contributed by atoms with Crippen molar-refractivity contribution in [1.82, 2.24) is 5.16 Å². The van der Waals surface area contributed by atoms with E-state index >= 15 is 0 Å². The molecule has 2 rings (SSSR count). The van der Waals surface area contributed by atoms with Gasteiger partial charge in [-0.25, -0.2) is 0 Å². The number of aryl methyl sites for hydroxylation is 2. The van der Waals surface area contributed by atoms with Gasteiger partial charge in [0.15, 0.2) is 6.10 Å². The minimum atomic E-state index is -0.896. The zero-order valence-electron chi connectivity index (χ0n) is 13.9. The summed E-state index contributed by atoms with van der Waals surface area (Å²) in [6, 6.07) is 9.67. The van der Waals surface area contributed by atoms with E-state index < -0.39 is 18.0 Å². The molecule has 1 aromatic carbocycles. The van der Waals surface area contributed by atoms with Crippen LogP contribution in [-0.4, -0.2) is 28.9 Å². The van der Waals surface area contributed by atoms with Crippen molar-refractivity contribution < 1.29 is 18.8 Å². The van der Waals surface area contributed by atoms with Crippen LogP contribution in [0.25, 0.3) is 0 Å². The quantitative estimate of drug-likeness (QED) is 0.610. The minimum Gasteiger partial charge on any atom is -0.453 e. The Morgan fingerprint density at radius 3 is 2.62 bits per heavy atom. The van der Waals surface area contributed by atoms with E-state index in [1.165, 1.54) is 12.5 Å². The fourth-order valence-corrected chi connectivity index (χ4v) is 2.67. The molecule has 7 heteroatoms. The van der Waals surface area contributed by atoms with E-state index in [2.05, 4.69) is 10.5 Å². The highest BCUT2D eigenvalue weighted by Crippen LogP contribution is 2.19. The van der Waals surface area contributed by atoms with Gasteiger partial charge in [-0.15, -0.1) is 11.8 Å². The van der Waals surface area contributed by atoms with Crippen molar-refractivity contribution >= 4 is 29.5 Å². The van der Waals surface area contributed by atoms with Crippen molar-refractivity contribution in [3.8, 4) is 0 Å². The number of esters is 1. The summed E-state index contributed by atoms with van der Waals surface area (Å²) in [5, 5.41) is 6.17. The topological polar surface area (TPSA) is 81.4 Å². The third-order valence-electron chi connectivity index (χ3n) is 3.15. The predicted molar refractivity (Wildman–Crippen MR) is 91.9 cm³/mol. The molecule has 6 nitrogen and oxygen atoms in total. The first-order chi connectivity index (χ1) is 11.4. The molecule has 0 unspecified atom stereocenters. The second kappa shape index (κ2) is 8.54. The van der Waals surface area contributed by atoms with E-state index in [1.807, 2.05) is 31.2 Å². The molecule has 1 atom stereocenters. The SMILES string of the molecule is Cc1ccc(SCCC(=O)O[C@H](C)C(=O)Nc2cc(C)no2)cc1. The fourth-order valence-electron chi connectivity index (χ4n) is 1.84. The zero-order chi connectivity index (χ0) is 17.5. The van der Waals surface area contributed by atoms with E-state index in [0.717, 1.165) is 4.90 Å². The molecule has 0 aliphatic carbocycles. The number of ether oxygens (including phenoxy) is 1. The summed E-state index contributed by atoms with van der Waals surface area (Å²) in [6.07, 6.45) is -0.662. The molecule has 0 bridgehead atoms. The maximum absolute atomic E-state index is 11.9. The predicted octanol–water partition coefficient (Wildman–Crippen LogP) is 3.34. The molecule has 0 spiro atoms. The van der Waals surface area contributed by atoms with Crippen molar-refractivity contribution in [2.75, 3.05) is 11.1 Å². The van der Waals surface area contributed by atoms with Crippen LogP contribution < -0.4 is 5.32 Å². The molecule has 0 aliphatic rings. The standard InChI is InChI=1S/C17H20N2O4S/c1-11-4-6-14(7-5-11)24-9-8-16(20)22-13(3)17(21)18-15-10-12(2)19-23-15/h4-7,10,13H,8-9H2,1-3H3,(H,18,21)/t13-/m1/s1. The number of carbonyl (C=O) groups is 2. The van der Waals surface area contributed by atoms with Crippen LogP contribution in [0.1, 0.15) is 24.6 Å². The van der Waals surface area contributed by atoms with Gasteiger partial charge in [0.1, 0.15) is 0 Å². The molecule has 0 radical (unpaired) electrons. The Morgan fingerprint density at radius 2 is 2.00 bits per heavy atom. The van der Waals surface area contributed by atoms with Gasteiger partial charge in [-0.2, -0.15) is 0 Å². The smallest absolute Gasteiger partial charge is 0.307 e. The van der Waals surface area contributed by atoms with E-state index in [-0.39, 0.29) is 12.3 Å². The fraction of sp³-hybridized carbons (Fsp3) is 0.353. The highest BCUT2D eigenvalue weighted by atomic mass is 32.2. The van der Waals surface area contributed by atoms with Crippen LogP contribution >= 0.6 is 11.8 Å². The van der Waals surface area contributed by atoms with Crippen LogP contribution in [0, 0.1) is 13.8 Å². The van der Waals surface area contributed by atoms with Gasteiger partial charge in [-0.05, 0) is 32.9 Å². The zero-order valence-corrected chi connectivity index (χ0v) is 14.7. The van der Waals surface area contributed by atoms with Crippen LogP contribution in [0.5, 0.6) is 0 Å². The van der Waals surface area contributed by atoms with Gasteiger partial charge in [-0.3, -0.25) is 14.9 Å². The Morgan fingerprint density at radius 1 is 1.29 bits per heavy atom. The third kappa shape index (κ3) is 5.73. The van der Waals surface area contributed by atoms with E-state index in [1.54, 1.807) is 24.8 Å². The van der Waals surface area contributed by atoms with Crippen LogP contribution in [-0.2, 0) is 14.3 Å². The van der Waals surface area contributed by atoms with Crippen molar-refractivity contribution in [1.29, 1.82) is 0 Å². The van der Waals surface area contributed by atoms with E-state index in [0.29, 0.717) is 11.4 Å². The summed E-state index contributed by atoms with van der Waals surface area (Å²) in [7, 11) is 0. The van der Waals surface area contributed by atoms with Crippen LogP contribution in [0.4, 0.5) is 5.88 Å². The molecule has 24 heavy (non-hydrogen) atoms. The van der Waals surface area contributed by atoms with Gasteiger partial charge in [-0.1, -0.05) is 22.9 Å². The molecule has 0 aliphatic heterocycles. The Labute approximate surface area is 144 Å². The van der Waals surface area contributed by atoms with E-state index in [4.69, 9.17) is 9.26 Å². The van der Waals surface area contributed by atoms with Crippen molar-refractivity contribution in [3.05, 3.63) is 41.6 Å². The van der Waals surface area contributed by atoms with Crippen molar-refractivity contribution in [2.45, 2.75) is 38.2 Å². The first-order valence-electron chi connectivity index (χ1n) is 7.57. The van der Waals surface area contributed by atoms with Gasteiger partial charge < -0.3 is 9.26 Å². The van der Waals surface area contributed by atoms with Gasteiger partial charge in [0.2, 0.25) is 5.88 Å². The lowest BCUT2D eigenvalue weighted by atomic mass is 10.2. The normalized spacial score (nSPS) is 11.8. The molecular weight excluding hydrogens is 328 g/mol. The molecule has 1 heterocycles. The minimum absolute atomic E-state index is 0.232. The number of aromatic nitrogens is 1. The Bertz CT molecular complexity index is 697. The lowest BCUT2D eigenvalue weighted by Crippen LogP contribution is -2.29. The Balaban J connectivity index is 1.70. The van der Waals surface area contributed by atoms with Crippen molar-refractivity contribution in [3.63, 3.8) is 0 Å². The van der Waals surface area contributed by atoms with E-state index in [9.17, 15) is 9.59 Å². The second-order valence-electron chi connectivity index (χ2n) is 5.37. The number of hydrogen-bond donors (Lipinski definition) is 1. The molecule has 0 saturated carbocycles. The number of rotatable bonds is 7. The summed E-state index contributed by atoms with van der Waals surface area (Å²) >= 11 is 1.57. The largest absolute Gasteiger partial charge is 0.453 e. The first-order valence-corrected chi connectivity index (χ1v) is 8.56. The number of benzene rings is 1. The summed E-state index contributed by atoms with van der Waals surface area (Å²) in [6.45, 7) is 5.29. The highest BCUT2D eigenvalue weighted by molar-refractivity contribution is 7.99. The number of thioether (sulfide) groups is 1. The molecule has 2 aromatic rings. The number of hydrogen-bond acceptors (Lipinski definition) is 6. The van der Waals surface area contributed by atoms with Crippen LogP contribution in [0.2, 0.25) is 0 Å². The van der Waals surface area contributed by atoms with Gasteiger partial charge in [0.25, 0.3) is 5.91 Å². The van der Waals surface area contributed by atoms with Gasteiger partial charge in [0, 0.05) is 16.7 Å². The molecule has 1 aromatic heterocycles. The number of amides is 1. The number of carbonyl (C=O) groups excluding carboxylic acids is 2. The third-order valence-corrected chi connectivity index (χ3v) is 4.16. The maximum Gasteiger partial charge on any atom is 0.307 e. The lowest BCUT2D eigenvalue weighted by Gasteiger charge is -2.12. The number of nitrogens with one attached hydrogen (secondary N) is 1.